The van der Waals surface area contributed by atoms with Gasteiger partial charge in [-0.2, -0.15) is 0 Å². The van der Waals surface area contributed by atoms with Crippen LogP contribution >= 0.6 is 34.4 Å². The second kappa shape index (κ2) is 9.87. The van der Waals surface area contributed by atoms with Crippen molar-refractivity contribution in [3.63, 3.8) is 0 Å². The van der Waals surface area contributed by atoms with Crippen molar-refractivity contribution >= 4 is 61.4 Å². The Bertz CT molecular complexity index is 1340. The van der Waals surface area contributed by atoms with E-state index < -0.39 is 21.9 Å². The molecule has 0 fully saturated rings. The number of fused-ring (bicyclic) bond motifs is 1. The maximum absolute atomic E-state index is 12.4. The monoisotopic (exact) mass is 616 g/mol. The molecular formula is C21H25IN6O4S2. The third-order valence-corrected chi connectivity index (χ3v) is 8.26. The number of benzene rings is 1. The van der Waals surface area contributed by atoms with E-state index in [4.69, 9.17) is 15.2 Å². The van der Waals surface area contributed by atoms with E-state index in [-0.39, 0.29) is 11.6 Å². The van der Waals surface area contributed by atoms with E-state index in [9.17, 15) is 8.42 Å². The fraction of sp³-hybridized carbons (Fsp3) is 0.381. The van der Waals surface area contributed by atoms with Gasteiger partial charge in [0.05, 0.1) is 5.75 Å². The molecule has 0 aliphatic carbocycles. The first kappa shape index (κ1) is 25.0. The summed E-state index contributed by atoms with van der Waals surface area (Å²) < 4.78 is 42.1. The number of rotatable bonds is 8. The van der Waals surface area contributed by atoms with Gasteiger partial charge in [0.15, 0.2) is 22.1 Å². The lowest BCUT2D eigenvalue weighted by Crippen LogP contribution is -2.41. The highest BCUT2D eigenvalue weighted by Gasteiger charge is 2.27. The van der Waals surface area contributed by atoms with Gasteiger partial charge in [-0.25, -0.2) is 28.1 Å². The van der Waals surface area contributed by atoms with E-state index in [1.165, 1.54) is 18.1 Å². The number of aryl methyl sites for hydroxylation is 1. The highest BCUT2D eigenvalue weighted by molar-refractivity contribution is 14.1. The van der Waals surface area contributed by atoms with Gasteiger partial charge >= 0.3 is 0 Å². The van der Waals surface area contributed by atoms with E-state index in [1.54, 1.807) is 6.26 Å². The van der Waals surface area contributed by atoms with Crippen LogP contribution in [0.25, 0.3) is 11.2 Å². The van der Waals surface area contributed by atoms with Crippen LogP contribution in [0, 0.1) is 3.57 Å². The lowest BCUT2D eigenvalue weighted by molar-refractivity contribution is -0.0279. The largest absolute Gasteiger partial charge is 0.454 e. The first-order valence-electron chi connectivity index (χ1n) is 10.5. The Morgan fingerprint density at radius 2 is 2.03 bits per heavy atom. The second-order valence-electron chi connectivity index (χ2n) is 8.65. The van der Waals surface area contributed by atoms with Crippen molar-refractivity contribution in [2.45, 2.75) is 50.7 Å². The summed E-state index contributed by atoms with van der Waals surface area (Å²) in [7, 11) is -3.44. The molecule has 182 valence electrons. The molecule has 0 radical (unpaired) electrons. The summed E-state index contributed by atoms with van der Waals surface area (Å²) >= 11 is 3.50. The minimum Gasteiger partial charge on any atom is -0.454 e. The van der Waals surface area contributed by atoms with Crippen LogP contribution in [0.15, 0.2) is 47.1 Å². The molecule has 1 unspecified atom stereocenters. The molecule has 10 nitrogen and oxygen atoms in total. The second-order valence-corrected chi connectivity index (χ2v) is 12.6. The Balaban J connectivity index is 1.52. The number of sulfonamides is 1. The zero-order chi connectivity index (χ0) is 24.5. The smallest absolute Gasteiger partial charge is 0.268 e. The van der Waals surface area contributed by atoms with Crippen molar-refractivity contribution in [2.75, 3.05) is 11.5 Å². The third kappa shape index (κ3) is 5.93. The molecular weight excluding hydrogens is 591 g/mol. The Kier molecular flexibility index (Phi) is 7.26. The van der Waals surface area contributed by atoms with E-state index in [0.29, 0.717) is 34.4 Å². The van der Waals surface area contributed by atoms with E-state index in [2.05, 4.69) is 42.3 Å². The quantitative estimate of drug-likeness (QED) is 0.363. The van der Waals surface area contributed by atoms with Crippen LogP contribution in [0.1, 0.15) is 39.0 Å². The lowest BCUT2D eigenvalue weighted by Gasteiger charge is -2.20. The number of nitrogens with one attached hydrogen (secondary N) is 1. The number of imidazole rings is 1. The summed E-state index contributed by atoms with van der Waals surface area (Å²) in [5.74, 6) is 0.215. The van der Waals surface area contributed by atoms with Crippen LogP contribution in [-0.4, -0.2) is 39.2 Å². The van der Waals surface area contributed by atoms with Crippen molar-refractivity contribution in [2.24, 2.45) is 0 Å². The normalized spacial score (nSPS) is 16.4. The van der Waals surface area contributed by atoms with Crippen molar-refractivity contribution < 1.29 is 17.9 Å². The summed E-state index contributed by atoms with van der Waals surface area (Å²) in [5, 5.41) is 1.08. The van der Waals surface area contributed by atoms with Crippen molar-refractivity contribution in [1.29, 1.82) is 0 Å². The summed E-state index contributed by atoms with van der Waals surface area (Å²) in [6.07, 6.45) is 2.72. The average Bonchev–Trinajstić information content (AvgIpc) is 3.33. The number of halogens is 1. The first-order valence-corrected chi connectivity index (χ1v) is 14.0. The lowest BCUT2D eigenvalue weighted by atomic mass is 10.1. The molecule has 0 saturated carbocycles. The van der Waals surface area contributed by atoms with Gasteiger partial charge in [0.25, 0.3) is 6.29 Å². The maximum Gasteiger partial charge on any atom is 0.268 e. The predicted molar refractivity (Wildman–Crippen MR) is 139 cm³/mol. The highest BCUT2D eigenvalue weighted by Crippen LogP contribution is 2.39. The topological polar surface area (TPSA) is 134 Å². The van der Waals surface area contributed by atoms with Gasteiger partial charge in [-0.15, -0.1) is 0 Å². The number of anilines is 1. The van der Waals surface area contributed by atoms with Crippen LogP contribution in [-0.2, 0) is 26.0 Å². The number of nitrogen functional groups attached to an aromatic ring is 1. The number of hydrogen-bond donors (Lipinski definition) is 2. The molecule has 3 aromatic rings. The molecule has 4 rings (SSSR count). The molecule has 0 amide bonds. The maximum atomic E-state index is 12.4. The summed E-state index contributed by atoms with van der Waals surface area (Å²) in [6, 6.07) is 7.82. The summed E-state index contributed by atoms with van der Waals surface area (Å²) in [4.78, 5) is 12.9. The van der Waals surface area contributed by atoms with Gasteiger partial charge < -0.3 is 19.8 Å². The van der Waals surface area contributed by atoms with Gasteiger partial charge in [0, 0.05) is 21.2 Å². The van der Waals surface area contributed by atoms with E-state index in [0.717, 1.165) is 9.13 Å². The Hall–Kier alpha value is -2.10. The van der Waals surface area contributed by atoms with Crippen LogP contribution in [0.5, 0.6) is 0 Å². The molecule has 2 aromatic heterocycles. The SMILES string of the molecule is CC(C)(C)NS(=O)(=O)CCCn1c(SC2=COC(c3ccccc3I)O2)nc2c(N)ncnc21. The number of thioether (sulfide) groups is 1. The third-order valence-electron chi connectivity index (χ3n) is 4.64. The highest BCUT2D eigenvalue weighted by atomic mass is 127. The number of nitrogens with two attached hydrogens (primary N) is 1. The van der Waals surface area contributed by atoms with E-state index in [1.807, 2.05) is 49.6 Å². The molecule has 3 heterocycles. The number of aromatic nitrogens is 4. The summed E-state index contributed by atoms with van der Waals surface area (Å²) in [6.45, 7) is 5.80. The molecule has 1 atom stereocenters. The molecule has 0 spiro atoms. The summed E-state index contributed by atoms with van der Waals surface area (Å²) in [5.41, 5.74) is 7.39. The van der Waals surface area contributed by atoms with Crippen LogP contribution in [0.4, 0.5) is 5.82 Å². The molecule has 1 aliphatic rings. The molecule has 0 saturated heterocycles. The van der Waals surface area contributed by atoms with Gasteiger partial charge in [-0.3, -0.25) is 0 Å². The molecule has 1 aromatic carbocycles. The Morgan fingerprint density at radius 1 is 1.26 bits per heavy atom. The molecule has 1 aliphatic heterocycles. The van der Waals surface area contributed by atoms with Gasteiger partial charge in [0.2, 0.25) is 15.1 Å². The fourth-order valence-electron chi connectivity index (χ4n) is 3.36. The fourth-order valence-corrected chi connectivity index (χ4v) is 6.39. The zero-order valence-electron chi connectivity index (χ0n) is 18.9. The van der Waals surface area contributed by atoms with Gasteiger partial charge in [0.1, 0.15) is 12.6 Å². The Morgan fingerprint density at radius 3 is 2.76 bits per heavy atom. The molecule has 0 bridgehead atoms. The Labute approximate surface area is 215 Å². The standard InChI is InChI=1S/C21H25IN6O4S2/c1-21(2,3)27-34(29,30)10-6-9-28-18-16(17(23)24-12-25-18)26-20(28)33-15-11-31-19(32-15)13-7-4-5-8-14(13)22/h4-5,7-8,11-12,19,27H,6,9-10H2,1-3H3,(H2,23,24,25). The van der Waals surface area contributed by atoms with Crippen LogP contribution in [0.2, 0.25) is 0 Å². The zero-order valence-corrected chi connectivity index (χ0v) is 22.6. The van der Waals surface area contributed by atoms with Crippen LogP contribution in [0.3, 0.4) is 0 Å². The van der Waals surface area contributed by atoms with E-state index >= 15 is 0 Å². The molecule has 3 N–H and O–H groups in total. The minimum atomic E-state index is -3.44. The minimum absolute atomic E-state index is 0.0363. The molecule has 34 heavy (non-hydrogen) atoms. The van der Waals surface area contributed by atoms with Gasteiger partial charge in [-0.05, 0) is 67.6 Å². The average molecular weight is 617 g/mol. The van der Waals surface area contributed by atoms with Crippen molar-refractivity contribution in [3.8, 4) is 0 Å². The number of nitrogens with zero attached hydrogens (tertiary/aromatic N) is 4. The van der Waals surface area contributed by atoms with Crippen molar-refractivity contribution in [3.05, 3.63) is 51.1 Å². The van der Waals surface area contributed by atoms with Crippen molar-refractivity contribution in [1.82, 2.24) is 24.2 Å². The van der Waals surface area contributed by atoms with Gasteiger partial charge in [-0.1, -0.05) is 18.2 Å². The number of ether oxygens (including phenoxy) is 2. The first-order chi connectivity index (χ1) is 16.0. The predicted octanol–water partition coefficient (Wildman–Crippen LogP) is 3.76. The van der Waals surface area contributed by atoms with Crippen LogP contribution < -0.4 is 10.5 Å². The molecule has 13 heteroatoms. The number of hydrogen-bond acceptors (Lipinski definition) is 9.